The Morgan fingerprint density at radius 2 is 1.85 bits per heavy atom. The molecule has 0 unspecified atom stereocenters. The molecule has 2 rings (SSSR count). The van der Waals surface area contributed by atoms with Crippen LogP contribution < -0.4 is 10.1 Å². The van der Waals surface area contributed by atoms with Gasteiger partial charge in [-0.1, -0.05) is 24.3 Å². The van der Waals surface area contributed by atoms with E-state index in [4.69, 9.17) is 4.74 Å². The zero-order valence-electron chi connectivity index (χ0n) is 15.6. The Morgan fingerprint density at radius 3 is 2.56 bits per heavy atom. The maximum atomic E-state index is 12.2. The Kier molecular flexibility index (Phi) is 6.88. The predicted octanol–water partition coefficient (Wildman–Crippen LogP) is 3.01. The third-order valence-corrected chi connectivity index (χ3v) is 3.82. The molecule has 6 nitrogen and oxygen atoms in total. The molecule has 2 aromatic rings. The lowest BCUT2D eigenvalue weighted by Gasteiger charge is -2.15. The molecule has 0 saturated carbocycles. The molecule has 0 fully saturated rings. The Hall–Kier alpha value is -3.41. The van der Waals surface area contributed by atoms with Gasteiger partial charge in [0.05, 0.1) is 13.7 Å². The molecular weight excluding hydrogens is 344 g/mol. The van der Waals surface area contributed by atoms with Crippen LogP contribution in [0.15, 0.2) is 54.6 Å². The summed E-state index contributed by atoms with van der Waals surface area (Å²) < 4.78 is 5.14. The van der Waals surface area contributed by atoms with E-state index < -0.39 is 0 Å². The molecule has 0 aromatic heterocycles. The highest BCUT2D eigenvalue weighted by Gasteiger charge is 2.11. The van der Waals surface area contributed by atoms with Gasteiger partial charge in [0.1, 0.15) is 5.75 Å². The van der Waals surface area contributed by atoms with Crippen molar-refractivity contribution in [3.05, 3.63) is 65.7 Å². The second-order valence-corrected chi connectivity index (χ2v) is 5.99. The zero-order valence-corrected chi connectivity index (χ0v) is 15.6. The number of nitrogens with zero attached hydrogens (tertiary/aromatic N) is 1. The molecule has 27 heavy (non-hydrogen) atoms. The van der Waals surface area contributed by atoms with E-state index in [1.54, 1.807) is 50.6 Å². The molecule has 6 heteroatoms. The quantitative estimate of drug-likeness (QED) is 0.604. The standard InChI is InChI=1S/C21H22N2O4/c1-15(24)17-7-5-8-18(13-17)22-20(25)14-23(2)21(26)11-10-16-6-4-9-19(12-16)27-3/h4-13H,14H2,1-3H3,(H,22,25)/b11-10+. The molecule has 0 bridgehead atoms. The van der Waals surface area contributed by atoms with E-state index in [0.717, 1.165) is 5.56 Å². The van der Waals surface area contributed by atoms with Gasteiger partial charge in [-0.05, 0) is 42.8 Å². The Bertz CT molecular complexity index is 874. The van der Waals surface area contributed by atoms with Gasteiger partial charge in [-0.15, -0.1) is 0 Å². The number of Topliss-reactive ketones (excluding diaryl/α,β-unsaturated/α-hetero) is 1. The summed E-state index contributed by atoms with van der Waals surface area (Å²) in [6, 6.07) is 14.0. The summed E-state index contributed by atoms with van der Waals surface area (Å²) in [5, 5.41) is 2.69. The van der Waals surface area contributed by atoms with Gasteiger partial charge in [-0.25, -0.2) is 0 Å². The number of methoxy groups -OCH3 is 1. The van der Waals surface area contributed by atoms with Gasteiger partial charge in [-0.2, -0.15) is 0 Å². The van der Waals surface area contributed by atoms with Crippen molar-refractivity contribution >= 4 is 29.4 Å². The second kappa shape index (κ2) is 9.33. The fraction of sp³-hybridized carbons (Fsp3) is 0.190. The minimum atomic E-state index is -0.346. The van der Waals surface area contributed by atoms with Crippen molar-refractivity contribution in [1.29, 1.82) is 0 Å². The van der Waals surface area contributed by atoms with Crippen molar-refractivity contribution in [2.75, 3.05) is 26.0 Å². The smallest absolute Gasteiger partial charge is 0.246 e. The monoisotopic (exact) mass is 366 g/mol. The third-order valence-electron chi connectivity index (χ3n) is 3.82. The number of ether oxygens (including phenoxy) is 1. The lowest BCUT2D eigenvalue weighted by Crippen LogP contribution is -2.33. The van der Waals surface area contributed by atoms with Crippen LogP contribution in [-0.2, 0) is 9.59 Å². The van der Waals surface area contributed by atoms with Crippen LogP contribution >= 0.6 is 0 Å². The first-order chi connectivity index (χ1) is 12.9. The van der Waals surface area contributed by atoms with Crippen molar-refractivity contribution in [3.8, 4) is 5.75 Å². The normalized spacial score (nSPS) is 10.5. The van der Waals surface area contributed by atoms with Crippen LogP contribution in [0.4, 0.5) is 5.69 Å². The number of anilines is 1. The van der Waals surface area contributed by atoms with Gasteiger partial charge in [0.15, 0.2) is 5.78 Å². The maximum Gasteiger partial charge on any atom is 0.246 e. The van der Waals surface area contributed by atoms with Crippen LogP contribution in [-0.4, -0.2) is 43.2 Å². The van der Waals surface area contributed by atoms with Gasteiger partial charge in [0.25, 0.3) is 0 Å². The molecular formula is C21H22N2O4. The summed E-state index contributed by atoms with van der Waals surface area (Å²) in [6.45, 7) is 1.35. The van der Waals surface area contributed by atoms with Crippen molar-refractivity contribution in [1.82, 2.24) is 4.90 Å². The summed E-state index contributed by atoms with van der Waals surface area (Å²) in [6.07, 6.45) is 3.06. The molecule has 0 atom stereocenters. The van der Waals surface area contributed by atoms with Crippen LogP contribution in [0.5, 0.6) is 5.75 Å². The molecule has 1 N–H and O–H groups in total. The number of rotatable bonds is 7. The minimum Gasteiger partial charge on any atom is -0.497 e. The molecule has 0 saturated heterocycles. The minimum absolute atomic E-state index is 0.0823. The van der Waals surface area contributed by atoms with Gasteiger partial charge in [-0.3, -0.25) is 14.4 Å². The highest BCUT2D eigenvalue weighted by Crippen LogP contribution is 2.14. The molecule has 0 aliphatic rings. The number of likely N-dealkylation sites (N-methyl/N-ethyl adjacent to an activating group) is 1. The predicted molar refractivity (Wildman–Crippen MR) is 105 cm³/mol. The van der Waals surface area contributed by atoms with E-state index in [1.807, 2.05) is 18.2 Å². The number of ketones is 1. The highest BCUT2D eigenvalue weighted by molar-refractivity contribution is 5.99. The zero-order chi connectivity index (χ0) is 19.8. The molecule has 2 amide bonds. The van der Waals surface area contributed by atoms with Crippen molar-refractivity contribution in [3.63, 3.8) is 0 Å². The largest absolute Gasteiger partial charge is 0.497 e. The Labute approximate surface area is 158 Å². The number of benzene rings is 2. The molecule has 0 aliphatic carbocycles. The number of hydrogen-bond acceptors (Lipinski definition) is 4. The van der Waals surface area contributed by atoms with E-state index in [0.29, 0.717) is 17.0 Å². The van der Waals surface area contributed by atoms with E-state index in [9.17, 15) is 14.4 Å². The molecule has 2 aromatic carbocycles. The Morgan fingerprint density at radius 1 is 1.11 bits per heavy atom. The van der Waals surface area contributed by atoms with E-state index in [1.165, 1.54) is 17.9 Å². The second-order valence-electron chi connectivity index (χ2n) is 5.99. The lowest BCUT2D eigenvalue weighted by atomic mass is 10.1. The number of carbonyl (C=O) groups excluding carboxylic acids is 3. The Balaban J connectivity index is 1.93. The summed E-state index contributed by atoms with van der Waals surface area (Å²) in [5.41, 5.74) is 1.85. The highest BCUT2D eigenvalue weighted by atomic mass is 16.5. The number of carbonyl (C=O) groups is 3. The first-order valence-electron chi connectivity index (χ1n) is 8.37. The molecule has 0 spiro atoms. The van der Waals surface area contributed by atoms with Gasteiger partial charge in [0.2, 0.25) is 11.8 Å². The summed E-state index contributed by atoms with van der Waals surface area (Å²) in [5.74, 6) is -0.0296. The van der Waals surface area contributed by atoms with Crippen LogP contribution in [0.25, 0.3) is 6.08 Å². The van der Waals surface area contributed by atoms with Crippen molar-refractivity contribution in [2.24, 2.45) is 0 Å². The average molecular weight is 366 g/mol. The summed E-state index contributed by atoms with van der Waals surface area (Å²) >= 11 is 0. The first kappa shape index (κ1) is 19.9. The van der Waals surface area contributed by atoms with E-state index >= 15 is 0 Å². The average Bonchev–Trinajstić information content (AvgIpc) is 2.66. The fourth-order valence-electron chi connectivity index (χ4n) is 2.35. The molecule has 0 aliphatic heterocycles. The molecule has 140 valence electrons. The van der Waals surface area contributed by atoms with Crippen molar-refractivity contribution < 1.29 is 19.1 Å². The molecule has 0 heterocycles. The number of hydrogen-bond donors (Lipinski definition) is 1. The maximum absolute atomic E-state index is 12.2. The summed E-state index contributed by atoms with van der Waals surface area (Å²) in [7, 11) is 3.12. The van der Waals surface area contributed by atoms with E-state index in [2.05, 4.69) is 5.32 Å². The van der Waals surface area contributed by atoms with Crippen molar-refractivity contribution in [2.45, 2.75) is 6.92 Å². The first-order valence-corrected chi connectivity index (χ1v) is 8.37. The molecule has 0 radical (unpaired) electrons. The van der Waals surface area contributed by atoms with Crippen LogP contribution in [0, 0.1) is 0 Å². The van der Waals surface area contributed by atoms with Gasteiger partial charge in [0, 0.05) is 24.4 Å². The van der Waals surface area contributed by atoms with Crippen LogP contribution in [0.1, 0.15) is 22.8 Å². The fourth-order valence-corrected chi connectivity index (χ4v) is 2.35. The number of nitrogens with one attached hydrogen (secondary N) is 1. The SMILES string of the molecule is COc1cccc(/C=C/C(=O)N(C)CC(=O)Nc2cccc(C(C)=O)c2)c1. The van der Waals surface area contributed by atoms with Gasteiger partial charge < -0.3 is 15.0 Å². The van der Waals surface area contributed by atoms with Crippen LogP contribution in [0.2, 0.25) is 0 Å². The lowest BCUT2D eigenvalue weighted by molar-refractivity contribution is -0.129. The summed E-state index contributed by atoms with van der Waals surface area (Å²) in [4.78, 5) is 37.0. The topological polar surface area (TPSA) is 75.7 Å². The van der Waals surface area contributed by atoms with E-state index in [-0.39, 0.29) is 24.1 Å². The van der Waals surface area contributed by atoms with Gasteiger partial charge >= 0.3 is 0 Å². The number of amides is 2. The third kappa shape index (κ3) is 6.11. The van der Waals surface area contributed by atoms with Crippen LogP contribution in [0.3, 0.4) is 0 Å².